The summed E-state index contributed by atoms with van der Waals surface area (Å²) in [6, 6.07) is 4.03. The fraction of sp³-hybridized carbons (Fsp3) is 0.476. The second kappa shape index (κ2) is 8.30. The SMILES string of the molecule is CN1CCC(c2cc3nc(Nc4cnn(CC(C)(C)O)c4Cl)ncc3cc2Cl)CC1. The van der Waals surface area contributed by atoms with E-state index >= 15 is 0 Å². The number of likely N-dealkylation sites (tertiary alicyclic amines) is 1. The Kier molecular flexibility index (Phi) is 5.90. The molecule has 0 saturated carbocycles. The van der Waals surface area contributed by atoms with Gasteiger partial charge in [-0.3, -0.25) is 0 Å². The van der Waals surface area contributed by atoms with Gasteiger partial charge in [0.15, 0.2) is 5.15 Å². The van der Waals surface area contributed by atoms with Crippen LogP contribution in [0.15, 0.2) is 24.5 Å². The first-order valence-corrected chi connectivity index (χ1v) is 10.8. The lowest BCUT2D eigenvalue weighted by Crippen LogP contribution is -2.29. The average Bonchev–Trinajstić information content (AvgIpc) is 3.00. The summed E-state index contributed by atoms with van der Waals surface area (Å²) < 4.78 is 1.54. The van der Waals surface area contributed by atoms with E-state index in [-0.39, 0.29) is 6.54 Å². The minimum atomic E-state index is -0.921. The van der Waals surface area contributed by atoms with E-state index in [1.165, 1.54) is 0 Å². The second-order valence-electron chi connectivity index (χ2n) is 8.65. The number of halogens is 2. The summed E-state index contributed by atoms with van der Waals surface area (Å²) in [6.45, 7) is 5.84. The molecule has 2 aromatic heterocycles. The monoisotopic (exact) mass is 448 g/mol. The van der Waals surface area contributed by atoms with E-state index < -0.39 is 5.60 Å². The van der Waals surface area contributed by atoms with Crippen LogP contribution in [0.1, 0.15) is 38.2 Å². The fourth-order valence-electron chi connectivity index (χ4n) is 3.81. The van der Waals surface area contributed by atoms with E-state index in [4.69, 9.17) is 23.2 Å². The van der Waals surface area contributed by atoms with Crippen molar-refractivity contribution in [3.63, 3.8) is 0 Å². The van der Waals surface area contributed by atoms with Crippen molar-refractivity contribution in [3.05, 3.63) is 40.3 Å². The fourth-order valence-corrected chi connectivity index (χ4v) is 4.34. The summed E-state index contributed by atoms with van der Waals surface area (Å²) in [7, 11) is 2.15. The molecule has 4 rings (SSSR count). The third kappa shape index (κ3) is 4.70. The van der Waals surface area contributed by atoms with Crippen LogP contribution in [0.25, 0.3) is 10.9 Å². The molecule has 160 valence electrons. The molecule has 3 heterocycles. The topological polar surface area (TPSA) is 79.1 Å². The van der Waals surface area contributed by atoms with E-state index in [0.717, 1.165) is 47.4 Å². The summed E-state index contributed by atoms with van der Waals surface area (Å²) in [5.74, 6) is 0.878. The molecule has 1 aliphatic rings. The van der Waals surface area contributed by atoms with Gasteiger partial charge < -0.3 is 15.3 Å². The third-order valence-corrected chi connectivity index (χ3v) is 6.14. The van der Waals surface area contributed by atoms with Crippen LogP contribution in [0.4, 0.5) is 11.6 Å². The molecule has 1 fully saturated rings. The van der Waals surface area contributed by atoms with Crippen LogP contribution in [0.5, 0.6) is 0 Å². The van der Waals surface area contributed by atoms with Gasteiger partial charge in [0.25, 0.3) is 0 Å². The summed E-state index contributed by atoms with van der Waals surface area (Å²) in [4.78, 5) is 11.4. The highest BCUT2D eigenvalue weighted by Crippen LogP contribution is 2.35. The number of piperidine rings is 1. The van der Waals surface area contributed by atoms with Crippen LogP contribution in [-0.2, 0) is 6.54 Å². The maximum atomic E-state index is 10.0. The summed E-state index contributed by atoms with van der Waals surface area (Å²) >= 11 is 13.0. The Morgan fingerprint density at radius 3 is 2.63 bits per heavy atom. The first-order chi connectivity index (χ1) is 14.2. The number of rotatable bonds is 5. The highest BCUT2D eigenvalue weighted by Gasteiger charge is 2.22. The Hall–Kier alpha value is -1.93. The lowest BCUT2D eigenvalue weighted by atomic mass is 9.89. The molecule has 1 aliphatic heterocycles. The van der Waals surface area contributed by atoms with Gasteiger partial charge in [0.05, 0.1) is 29.5 Å². The predicted octanol–water partition coefficient (Wildman–Crippen LogP) is 4.46. The van der Waals surface area contributed by atoms with E-state index in [1.54, 1.807) is 30.9 Å². The van der Waals surface area contributed by atoms with Gasteiger partial charge in [-0.15, -0.1) is 0 Å². The zero-order valence-electron chi connectivity index (χ0n) is 17.4. The van der Waals surface area contributed by atoms with Crippen molar-refractivity contribution in [2.24, 2.45) is 0 Å². The number of anilines is 2. The van der Waals surface area contributed by atoms with Crippen molar-refractivity contribution in [2.75, 3.05) is 25.5 Å². The lowest BCUT2D eigenvalue weighted by Gasteiger charge is -2.29. The Labute approximate surface area is 186 Å². The van der Waals surface area contributed by atoms with Gasteiger partial charge in [-0.1, -0.05) is 23.2 Å². The minimum Gasteiger partial charge on any atom is -0.389 e. The molecule has 0 atom stereocenters. The van der Waals surface area contributed by atoms with E-state index in [0.29, 0.717) is 22.7 Å². The first kappa shape index (κ1) is 21.3. The molecule has 30 heavy (non-hydrogen) atoms. The molecule has 1 saturated heterocycles. The molecule has 0 amide bonds. The van der Waals surface area contributed by atoms with Crippen molar-refractivity contribution >= 4 is 45.7 Å². The van der Waals surface area contributed by atoms with Gasteiger partial charge in [-0.05, 0) is 70.4 Å². The highest BCUT2D eigenvalue weighted by molar-refractivity contribution is 6.32. The zero-order chi connectivity index (χ0) is 21.5. The molecular weight excluding hydrogens is 423 g/mol. The summed E-state index contributed by atoms with van der Waals surface area (Å²) in [6.07, 6.45) is 5.54. The number of nitrogens with one attached hydrogen (secondary N) is 1. The van der Waals surface area contributed by atoms with Crippen molar-refractivity contribution in [3.8, 4) is 0 Å². The molecule has 9 heteroatoms. The van der Waals surface area contributed by atoms with Gasteiger partial charge in [-0.25, -0.2) is 14.6 Å². The number of nitrogens with zero attached hydrogens (tertiary/aromatic N) is 5. The maximum Gasteiger partial charge on any atom is 0.227 e. The van der Waals surface area contributed by atoms with Crippen LogP contribution >= 0.6 is 23.2 Å². The first-order valence-electron chi connectivity index (χ1n) is 10.0. The molecular formula is C21H26Cl2N6O. The number of hydrogen-bond acceptors (Lipinski definition) is 6. The number of benzene rings is 1. The second-order valence-corrected chi connectivity index (χ2v) is 9.41. The Bertz CT molecular complexity index is 1050. The van der Waals surface area contributed by atoms with Gasteiger partial charge in [0, 0.05) is 16.6 Å². The normalized spacial score (nSPS) is 16.3. The van der Waals surface area contributed by atoms with Gasteiger partial charge in [0.2, 0.25) is 5.95 Å². The van der Waals surface area contributed by atoms with Gasteiger partial charge >= 0.3 is 0 Å². The van der Waals surface area contributed by atoms with Crippen LogP contribution < -0.4 is 5.32 Å². The maximum absolute atomic E-state index is 10.0. The molecule has 0 radical (unpaired) electrons. The molecule has 0 spiro atoms. The summed E-state index contributed by atoms with van der Waals surface area (Å²) in [5, 5.41) is 19.4. The standard InChI is InChI=1S/C21H26Cl2N6O/c1-21(2,30)12-29-19(23)18(11-25-29)27-20-24-10-14-8-16(22)15(9-17(14)26-20)13-4-6-28(3)7-5-13/h8-11,13,30H,4-7,12H2,1-3H3,(H,24,26,27). The number of aliphatic hydroxyl groups is 1. The Morgan fingerprint density at radius 1 is 1.20 bits per heavy atom. The molecule has 0 bridgehead atoms. The van der Waals surface area contributed by atoms with Crippen molar-refractivity contribution < 1.29 is 5.11 Å². The van der Waals surface area contributed by atoms with E-state index in [2.05, 4.69) is 38.4 Å². The van der Waals surface area contributed by atoms with E-state index in [1.807, 2.05) is 6.07 Å². The number of fused-ring (bicyclic) bond motifs is 1. The molecule has 0 unspecified atom stereocenters. The van der Waals surface area contributed by atoms with Crippen LogP contribution in [0, 0.1) is 0 Å². The molecule has 0 aliphatic carbocycles. The van der Waals surface area contributed by atoms with Crippen molar-refractivity contribution in [1.82, 2.24) is 24.6 Å². The average molecular weight is 449 g/mol. The number of hydrogen-bond donors (Lipinski definition) is 2. The quantitative estimate of drug-likeness (QED) is 0.599. The van der Waals surface area contributed by atoms with Crippen LogP contribution in [0.3, 0.4) is 0 Å². The molecule has 2 N–H and O–H groups in total. The smallest absolute Gasteiger partial charge is 0.227 e. The van der Waals surface area contributed by atoms with Crippen LogP contribution in [-0.4, -0.2) is 55.5 Å². The van der Waals surface area contributed by atoms with Crippen molar-refractivity contribution in [2.45, 2.75) is 44.8 Å². The predicted molar refractivity (Wildman–Crippen MR) is 121 cm³/mol. The number of aromatic nitrogens is 4. The summed E-state index contributed by atoms with van der Waals surface area (Å²) in [5.41, 5.74) is 1.66. The molecule has 3 aromatic rings. The largest absolute Gasteiger partial charge is 0.389 e. The van der Waals surface area contributed by atoms with Crippen molar-refractivity contribution in [1.29, 1.82) is 0 Å². The highest BCUT2D eigenvalue weighted by atomic mass is 35.5. The lowest BCUT2D eigenvalue weighted by molar-refractivity contribution is 0.0578. The van der Waals surface area contributed by atoms with Gasteiger partial charge in [0.1, 0.15) is 0 Å². The Morgan fingerprint density at radius 2 is 1.93 bits per heavy atom. The van der Waals surface area contributed by atoms with Gasteiger partial charge in [-0.2, -0.15) is 5.10 Å². The Balaban J connectivity index is 1.59. The minimum absolute atomic E-state index is 0.282. The molecule has 1 aromatic carbocycles. The van der Waals surface area contributed by atoms with Crippen LogP contribution in [0.2, 0.25) is 10.2 Å². The molecule has 7 nitrogen and oxygen atoms in total. The van der Waals surface area contributed by atoms with E-state index in [9.17, 15) is 5.11 Å². The third-order valence-electron chi connectivity index (χ3n) is 5.41. The zero-order valence-corrected chi connectivity index (χ0v) is 18.9.